The average Bonchev–Trinajstić information content (AvgIpc) is 2.30. The highest BCUT2D eigenvalue weighted by Gasteiger charge is 2.07. The number of amides is 1. The first-order chi connectivity index (χ1) is 8.11. The maximum absolute atomic E-state index is 11.6. The molecular weight excluding hydrogens is 238 g/mol. The molecule has 17 heavy (non-hydrogen) atoms. The summed E-state index contributed by atoms with van der Waals surface area (Å²) < 4.78 is 4.88. The van der Waals surface area contributed by atoms with Gasteiger partial charge in [0.25, 0.3) is 0 Å². The zero-order valence-electron chi connectivity index (χ0n) is 10.2. The van der Waals surface area contributed by atoms with Gasteiger partial charge in [0.05, 0.1) is 18.4 Å². The maximum Gasteiger partial charge on any atom is 0.224 e. The molecule has 0 spiro atoms. The van der Waals surface area contributed by atoms with E-state index < -0.39 is 0 Å². The van der Waals surface area contributed by atoms with Crippen LogP contribution in [0.1, 0.15) is 11.1 Å². The summed E-state index contributed by atoms with van der Waals surface area (Å²) >= 11 is 5.91. The summed E-state index contributed by atoms with van der Waals surface area (Å²) in [6.07, 6.45) is 0.386. The van der Waals surface area contributed by atoms with Gasteiger partial charge in [0, 0.05) is 13.7 Å². The number of aryl methyl sites for hydroxylation is 1. The Labute approximate surface area is 107 Å². The van der Waals surface area contributed by atoms with Crippen LogP contribution < -0.4 is 5.32 Å². The van der Waals surface area contributed by atoms with Gasteiger partial charge in [0.2, 0.25) is 5.91 Å². The van der Waals surface area contributed by atoms with Crippen molar-refractivity contribution in [2.75, 3.05) is 20.3 Å². The molecule has 1 amide bonds. The van der Waals surface area contributed by atoms with Gasteiger partial charge in [-0.3, -0.25) is 4.79 Å². The molecule has 1 aromatic carbocycles. The molecule has 0 radical (unpaired) electrons. The molecule has 1 rings (SSSR count). The Morgan fingerprint density at radius 1 is 1.41 bits per heavy atom. The topological polar surface area (TPSA) is 38.3 Å². The van der Waals surface area contributed by atoms with E-state index in [0.717, 1.165) is 5.56 Å². The Morgan fingerprint density at radius 2 is 2.06 bits per heavy atom. The lowest BCUT2D eigenvalue weighted by Crippen LogP contribution is -2.32. The average molecular weight is 256 g/mol. The molecule has 0 aliphatic heterocycles. The standard InChI is InChI=1S/C13H18ClNO2/c1-10-3-5-11(6-4-10)7-13(16)15-8-12(14)9-17-2/h3-6,12H,7-9H2,1-2H3,(H,15,16). The zero-order valence-corrected chi connectivity index (χ0v) is 11.0. The second-order valence-electron chi connectivity index (χ2n) is 4.02. The number of benzene rings is 1. The van der Waals surface area contributed by atoms with Crippen molar-refractivity contribution < 1.29 is 9.53 Å². The molecule has 3 nitrogen and oxygen atoms in total. The van der Waals surface area contributed by atoms with Crippen LogP contribution in [0.3, 0.4) is 0 Å². The van der Waals surface area contributed by atoms with Crippen molar-refractivity contribution in [2.45, 2.75) is 18.7 Å². The molecule has 0 saturated heterocycles. The van der Waals surface area contributed by atoms with Gasteiger partial charge in [-0.2, -0.15) is 0 Å². The molecule has 0 aromatic heterocycles. The highest BCUT2D eigenvalue weighted by molar-refractivity contribution is 6.21. The van der Waals surface area contributed by atoms with Gasteiger partial charge >= 0.3 is 0 Å². The molecule has 94 valence electrons. The van der Waals surface area contributed by atoms with Gasteiger partial charge in [-0.1, -0.05) is 29.8 Å². The van der Waals surface area contributed by atoms with Crippen molar-refractivity contribution in [2.24, 2.45) is 0 Å². The van der Waals surface area contributed by atoms with Crippen molar-refractivity contribution in [3.63, 3.8) is 0 Å². The fourth-order valence-electron chi connectivity index (χ4n) is 1.42. The van der Waals surface area contributed by atoms with E-state index >= 15 is 0 Å². The summed E-state index contributed by atoms with van der Waals surface area (Å²) in [7, 11) is 1.59. The van der Waals surface area contributed by atoms with Gasteiger partial charge in [-0.15, -0.1) is 11.6 Å². The first-order valence-corrected chi connectivity index (χ1v) is 6.00. The summed E-state index contributed by atoms with van der Waals surface area (Å²) in [5.41, 5.74) is 2.20. The van der Waals surface area contributed by atoms with E-state index in [0.29, 0.717) is 19.6 Å². The minimum absolute atomic E-state index is 0.0180. The lowest BCUT2D eigenvalue weighted by atomic mass is 10.1. The Balaban J connectivity index is 2.32. The number of methoxy groups -OCH3 is 1. The molecule has 4 heteroatoms. The molecule has 1 atom stereocenters. The Kier molecular flexibility index (Phi) is 6.01. The molecule has 0 aliphatic carbocycles. The molecule has 0 saturated carbocycles. The first kappa shape index (κ1) is 14.0. The van der Waals surface area contributed by atoms with Crippen LogP contribution in [-0.4, -0.2) is 31.5 Å². The second-order valence-corrected chi connectivity index (χ2v) is 4.64. The highest BCUT2D eigenvalue weighted by atomic mass is 35.5. The zero-order chi connectivity index (χ0) is 12.7. The summed E-state index contributed by atoms with van der Waals surface area (Å²) in [6, 6.07) is 7.92. The summed E-state index contributed by atoms with van der Waals surface area (Å²) in [5.74, 6) is -0.0180. The predicted molar refractivity (Wildman–Crippen MR) is 69.4 cm³/mol. The van der Waals surface area contributed by atoms with Crippen LogP contribution in [0.15, 0.2) is 24.3 Å². The van der Waals surface area contributed by atoms with Crippen molar-refractivity contribution in [3.05, 3.63) is 35.4 Å². The molecule has 1 aromatic rings. The smallest absolute Gasteiger partial charge is 0.224 e. The van der Waals surface area contributed by atoms with Crippen LogP contribution in [0.2, 0.25) is 0 Å². The Hall–Kier alpha value is -1.06. The summed E-state index contributed by atoms with van der Waals surface area (Å²) in [5, 5.41) is 2.60. The van der Waals surface area contributed by atoms with E-state index in [2.05, 4.69) is 5.32 Å². The van der Waals surface area contributed by atoms with Crippen LogP contribution in [0.5, 0.6) is 0 Å². The largest absolute Gasteiger partial charge is 0.383 e. The van der Waals surface area contributed by atoms with E-state index in [1.165, 1.54) is 5.56 Å². The van der Waals surface area contributed by atoms with E-state index in [1.54, 1.807) is 7.11 Å². The maximum atomic E-state index is 11.6. The van der Waals surface area contributed by atoms with Gasteiger partial charge in [-0.05, 0) is 12.5 Å². The van der Waals surface area contributed by atoms with Crippen molar-refractivity contribution in [3.8, 4) is 0 Å². The molecule has 0 fully saturated rings. The van der Waals surface area contributed by atoms with Crippen molar-refractivity contribution in [1.82, 2.24) is 5.32 Å². The molecular formula is C13H18ClNO2. The third-order valence-electron chi connectivity index (χ3n) is 2.35. The fraction of sp³-hybridized carbons (Fsp3) is 0.462. The Bertz CT molecular complexity index is 351. The van der Waals surface area contributed by atoms with Crippen LogP contribution >= 0.6 is 11.6 Å². The van der Waals surface area contributed by atoms with E-state index in [-0.39, 0.29) is 11.3 Å². The molecule has 1 N–H and O–H groups in total. The van der Waals surface area contributed by atoms with Gasteiger partial charge in [0.15, 0.2) is 0 Å². The molecule has 1 unspecified atom stereocenters. The number of hydrogen-bond acceptors (Lipinski definition) is 2. The number of carbonyl (C=O) groups is 1. The number of halogens is 1. The van der Waals surface area contributed by atoms with Gasteiger partial charge < -0.3 is 10.1 Å². The predicted octanol–water partition coefficient (Wildman–Crippen LogP) is 1.91. The lowest BCUT2D eigenvalue weighted by Gasteiger charge is -2.09. The lowest BCUT2D eigenvalue weighted by molar-refractivity contribution is -0.120. The minimum atomic E-state index is -0.179. The van der Waals surface area contributed by atoms with Crippen molar-refractivity contribution >= 4 is 17.5 Å². The monoisotopic (exact) mass is 255 g/mol. The van der Waals surface area contributed by atoms with Crippen LogP contribution in [0, 0.1) is 6.92 Å². The number of hydrogen-bond donors (Lipinski definition) is 1. The molecule has 0 bridgehead atoms. The van der Waals surface area contributed by atoms with Gasteiger partial charge in [-0.25, -0.2) is 0 Å². The third kappa shape index (κ3) is 5.71. The van der Waals surface area contributed by atoms with E-state index in [1.807, 2.05) is 31.2 Å². The number of alkyl halides is 1. The molecule has 0 aliphatic rings. The van der Waals surface area contributed by atoms with Crippen molar-refractivity contribution in [1.29, 1.82) is 0 Å². The van der Waals surface area contributed by atoms with Crippen LogP contribution in [-0.2, 0) is 16.0 Å². The van der Waals surface area contributed by atoms with Gasteiger partial charge in [0.1, 0.15) is 0 Å². The number of nitrogens with one attached hydrogen (secondary N) is 1. The van der Waals surface area contributed by atoms with Crippen LogP contribution in [0.25, 0.3) is 0 Å². The quantitative estimate of drug-likeness (QED) is 0.789. The van der Waals surface area contributed by atoms with Crippen LogP contribution in [0.4, 0.5) is 0 Å². The highest BCUT2D eigenvalue weighted by Crippen LogP contribution is 2.03. The first-order valence-electron chi connectivity index (χ1n) is 5.57. The normalized spacial score (nSPS) is 12.2. The number of carbonyl (C=O) groups excluding carboxylic acids is 1. The fourth-order valence-corrected chi connectivity index (χ4v) is 1.62. The van der Waals surface area contributed by atoms with E-state index in [9.17, 15) is 4.79 Å². The summed E-state index contributed by atoms with van der Waals surface area (Å²) in [6.45, 7) is 2.89. The SMILES string of the molecule is COCC(Cl)CNC(=O)Cc1ccc(C)cc1. The number of rotatable bonds is 6. The second kappa shape index (κ2) is 7.30. The summed E-state index contributed by atoms with van der Waals surface area (Å²) in [4.78, 5) is 11.6. The molecule has 0 heterocycles. The number of ether oxygens (including phenoxy) is 1. The third-order valence-corrected chi connectivity index (χ3v) is 2.63. The van der Waals surface area contributed by atoms with E-state index in [4.69, 9.17) is 16.3 Å². The minimum Gasteiger partial charge on any atom is -0.383 e. The Morgan fingerprint density at radius 3 is 2.65 bits per heavy atom.